The van der Waals surface area contributed by atoms with Gasteiger partial charge in [-0.2, -0.15) is 5.10 Å². The third kappa shape index (κ3) is 3.03. The van der Waals surface area contributed by atoms with Crippen molar-refractivity contribution in [1.29, 1.82) is 0 Å². The number of nitrogens with zero attached hydrogens (tertiary/aromatic N) is 3. The lowest BCUT2D eigenvalue weighted by Crippen LogP contribution is -2.28. The first-order valence-corrected chi connectivity index (χ1v) is 8.52. The molecule has 3 aromatic rings. The maximum absolute atomic E-state index is 6.27. The minimum absolute atomic E-state index is 0.705. The molecule has 0 bridgehead atoms. The van der Waals surface area contributed by atoms with E-state index in [4.69, 9.17) is 16.7 Å². The molecular formula is C19H19ClN4. The van der Waals surface area contributed by atoms with Gasteiger partial charge in [-0.3, -0.25) is 0 Å². The summed E-state index contributed by atoms with van der Waals surface area (Å²) in [5.41, 5.74) is 4.56. The SMILES string of the molecule is Clc1ccccc1-n1ccc(CN2CCNCc3ccccc32)n1. The largest absolute Gasteiger partial charge is 0.364 e. The Morgan fingerprint density at radius 1 is 1.00 bits per heavy atom. The number of hydrogen-bond acceptors (Lipinski definition) is 3. The Labute approximate surface area is 146 Å². The highest BCUT2D eigenvalue weighted by atomic mass is 35.5. The highest BCUT2D eigenvalue weighted by Crippen LogP contribution is 2.24. The van der Waals surface area contributed by atoms with E-state index in [1.807, 2.05) is 35.1 Å². The van der Waals surface area contributed by atoms with E-state index < -0.39 is 0 Å². The molecule has 0 amide bonds. The Balaban J connectivity index is 1.59. The van der Waals surface area contributed by atoms with Crippen LogP contribution in [0.25, 0.3) is 5.69 Å². The molecule has 0 saturated carbocycles. The number of hydrogen-bond donors (Lipinski definition) is 1. The van der Waals surface area contributed by atoms with Gasteiger partial charge < -0.3 is 10.2 Å². The van der Waals surface area contributed by atoms with E-state index in [1.54, 1.807) is 0 Å². The fourth-order valence-electron chi connectivity index (χ4n) is 3.10. The third-order valence-electron chi connectivity index (χ3n) is 4.30. The lowest BCUT2D eigenvalue weighted by atomic mass is 10.1. The van der Waals surface area contributed by atoms with Gasteiger partial charge >= 0.3 is 0 Å². The monoisotopic (exact) mass is 338 g/mol. The first-order valence-electron chi connectivity index (χ1n) is 8.14. The van der Waals surface area contributed by atoms with Crippen LogP contribution in [0.1, 0.15) is 11.3 Å². The van der Waals surface area contributed by atoms with Gasteiger partial charge in [0.2, 0.25) is 0 Å². The third-order valence-corrected chi connectivity index (χ3v) is 4.62. The molecule has 0 fully saturated rings. The Morgan fingerprint density at radius 2 is 1.79 bits per heavy atom. The molecule has 1 aromatic heterocycles. The summed E-state index contributed by atoms with van der Waals surface area (Å²) in [5.74, 6) is 0. The van der Waals surface area contributed by atoms with Crippen LogP contribution in [-0.2, 0) is 13.1 Å². The van der Waals surface area contributed by atoms with Gasteiger partial charge in [-0.15, -0.1) is 0 Å². The van der Waals surface area contributed by atoms with Gasteiger partial charge in [0.25, 0.3) is 0 Å². The van der Waals surface area contributed by atoms with Gasteiger partial charge in [0.15, 0.2) is 0 Å². The van der Waals surface area contributed by atoms with E-state index in [0.717, 1.165) is 37.6 Å². The molecule has 2 aromatic carbocycles. The number of halogens is 1. The lowest BCUT2D eigenvalue weighted by Gasteiger charge is -2.23. The normalized spacial score (nSPS) is 14.3. The number of rotatable bonds is 3. The van der Waals surface area contributed by atoms with Crippen molar-refractivity contribution in [1.82, 2.24) is 15.1 Å². The first kappa shape index (κ1) is 15.2. The number of para-hydroxylation sites is 2. The van der Waals surface area contributed by atoms with Gasteiger partial charge in [0.05, 0.1) is 22.9 Å². The molecule has 122 valence electrons. The Bertz CT molecular complexity index is 843. The Kier molecular flexibility index (Phi) is 4.24. The zero-order valence-corrected chi connectivity index (χ0v) is 14.1. The van der Waals surface area contributed by atoms with Crippen LogP contribution in [0.5, 0.6) is 0 Å². The Hall–Kier alpha value is -2.30. The lowest BCUT2D eigenvalue weighted by molar-refractivity contribution is 0.682. The maximum Gasteiger partial charge on any atom is 0.0831 e. The topological polar surface area (TPSA) is 33.1 Å². The molecule has 2 heterocycles. The predicted octanol–water partition coefficient (Wildman–Crippen LogP) is 3.64. The smallest absolute Gasteiger partial charge is 0.0831 e. The van der Waals surface area contributed by atoms with Crippen LogP contribution in [0.2, 0.25) is 5.02 Å². The molecule has 1 N–H and O–H groups in total. The molecule has 0 atom stereocenters. The van der Waals surface area contributed by atoms with Crippen molar-refractivity contribution in [2.75, 3.05) is 18.0 Å². The second-order valence-electron chi connectivity index (χ2n) is 5.93. The summed E-state index contributed by atoms with van der Waals surface area (Å²) in [6, 6.07) is 18.4. The fraction of sp³-hybridized carbons (Fsp3) is 0.211. The summed E-state index contributed by atoms with van der Waals surface area (Å²) in [6.45, 7) is 3.65. The van der Waals surface area contributed by atoms with Crippen LogP contribution in [-0.4, -0.2) is 22.9 Å². The van der Waals surface area contributed by atoms with Crippen molar-refractivity contribution in [3.63, 3.8) is 0 Å². The minimum atomic E-state index is 0.705. The molecular weight excluding hydrogens is 320 g/mol. The second kappa shape index (κ2) is 6.67. The number of anilines is 1. The van der Waals surface area contributed by atoms with Crippen LogP contribution < -0.4 is 10.2 Å². The van der Waals surface area contributed by atoms with E-state index >= 15 is 0 Å². The molecule has 0 unspecified atom stereocenters. The standard InChI is InChI=1S/C19H19ClN4/c20-17-6-2-4-8-19(17)24-11-9-16(22-24)14-23-12-10-21-13-15-5-1-3-7-18(15)23/h1-9,11,21H,10,12-14H2. The summed E-state index contributed by atoms with van der Waals surface area (Å²) in [5, 5.41) is 8.89. The van der Waals surface area contributed by atoms with Crippen LogP contribution in [0, 0.1) is 0 Å². The van der Waals surface area contributed by atoms with E-state index in [0.29, 0.717) is 5.02 Å². The molecule has 1 aliphatic rings. The highest BCUT2D eigenvalue weighted by molar-refractivity contribution is 6.32. The van der Waals surface area contributed by atoms with E-state index in [2.05, 4.69) is 40.5 Å². The summed E-state index contributed by atoms with van der Waals surface area (Å²) >= 11 is 6.27. The van der Waals surface area contributed by atoms with Gasteiger partial charge in [-0.1, -0.05) is 41.9 Å². The van der Waals surface area contributed by atoms with Crippen molar-refractivity contribution in [3.05, 3.63) is 77.1 Å². The number of aromatic nitrogens is 2. The van der Waals surface area contributed by atoms with Crippen LogP contribution in [0.15, 0.2) is 60.8 Å². The predicted molar refractivity (Wildman–Crippen MR) is 97.8 cm³/mol. The van der Waals surface area contributed by atoms with Crippen molar-refractivity contribution < 1.29 is 0 Å². The molecule has 24 heavy (non-hydrogen) atoms. The van der Waals surface area contributed by atoms with Gasteiger partial charge in [0.1, 0.15) is 0 Å². The van der Waals surface area contributed by atoms with Crippen molar-refractivity contribution >= 4 is 17.3 Å². The first-order chi connectivity index (χ1) is 11.8. The summed E-state index contributed by atoms with van der Waals surface area (Å²) in [4.78, 5) is 2.38. The van der Waals surface area contributed by atoms with Gasteiger partial charge in [-0.05, 0) is 29.8 Å². The van der Waals surface area contributed by atoms with E-state index in [-0.39, 0.29) is 0 Å². The average Bonchev–Trinajstić information content (AvgIpc) is 2.97. The van der Waals surface area contributed by atoms with Crippen molar-refractivity contribution in [2.24, 2.45) is 0 Å². The summed E-state index contributed by atoms with van der Waals surface area (Å²) < 4.78 is 1.85. The molecule has 0 radical (unpaired) electrons. The van der Waals surface area contributed by atoms with Gasteiger partial charge in [0, 0.05) is 31.5 Å². The summed E-state index contributed by atoms with van der Waals surface area (Å²) in [7, 11) is 0. The van der Waals surface area contributed by atoms with Crippen LogP contribution >= 0.6 is 11.6 Å². The molecule has 5 heteroatoms. The zero-order valence-electron chi connectivity index (χ0n) is 13.3. The van der Waals surface area contributed by atoms with E-state index in [9.17, 15) is 0 Å². The summed E-state index contributed by atoms with van der Waals surface area (Å²) in [6.07, 6.45) is 1.97. The van der Waals surface area contributed by atoms with Crippen molar-refractivity contribution in [2.45, 2.75) is 13.1 Å². The Morgan fingerprint density at radius 3 is 2.67 bits per heavy atom. The second-order valence-corrected chi connectivity index (χ2v) is 6.34. The van der Waals surface area contributed by atoms with E-state index in [1.165, 1.54) is 11.3 Å². The quantitative estimate of drug-likeness (QED) is 0.791. The molecule has 0 aliphatic carbocycles. The van der Waals surface area contributed by atoms with Crippen LogP contribution in [0.3, 0.4) is 0 Å². The molecule has 4 rings (SSSR count). The number of nitrogens with one attached hydrogen (secondary N) is 1. The maximum atomic E-state index is 6.27. The number of fused-ring (bicyclic) bond motifs is 1. The fourth-order valence-corrected chi connectivity index (χ4v) is 3.33. The highest BCUT2D eigenvalue weighted by Gasteiger charge is 2.16. The minimum Gasteiger partial charge on any atom is -0.364 e. The number of benzene rings is 2. The van der Waals surface area contributed by atoms with Gasteiger partial charge in [-0.25, -0.2) is 4.68 Å². The zero-order chi connectivity index (χ0) is 16.4. The molecule has 0 saturated heterocycles. The average molecular weight is 339 g/mol. The van der Waals surface area contributed by atoms with Crippen molar-refractivity contribution in [3.8, 4) is 5.69 Å². The molecule has 4 nitrogen and oxygen atoms in total. The molecule has 0 spiro atoms. The van der Waals surface area contributed by atoms with Crippen LogP contribution in [0.4, 0.5) is 5.69 Å². The molecule has 1 aliphatic heterocycles.